The minimum atomic E-state index is -0.331. The highest BCUT2D eigenvalue weighted by atomic mass is 32.1. The fraction of sp³-hybridized carbons (Fsp3) is 0.0833. The molecule has 0 aliphatic rings. The number of carbonyl (C=O) groups excluding carboxylic acids is 1. The van der Waals surface area contributed by atoms with E-state index in [0.29, 0.717) is 5.69 Å². The van der Waals surface area contributed by atoms with Crippen LogP contribution >= 0.6 is 11.3 Å². The number of rotatable bonds is 3. The second kappa shape index (κ2) is 4.10. The number of nitrogens with one attached hydrogen (secondary N) is 1. The number of imidazole rings is 1. The van der Waals surface area contributed by atoms with Gasteiger partial charge in [-0.2, -0.15) is 0 Å². The summed E-state index contributed by atoms with van der Waals surface area (Å²) >= 11 is 1.55. The maximum Gasteiger partial charge on any atom is 0.134 e. The van der Waals surface area contributed by atoms with E-state index in [1.165, 1.54) is 0 Å². The molecule has 0 aliphatic carbocycles. The van der Waals surface area contributed by atoms with Crippen molar-refractivity contribution in [3.05, 3.63) is 46.7 Å². The molecule has 5 heteroatoms. The van der Waals surface area contributed by atoms with E-state index in [0.717, 1.165) is 22.2 Å². The average Bonchev–Trinajstić information content (AvgIpc) is 3.00. The SMILES string of the molecule is O=CC(c1cccs1)c1nccc2[nH]cnc12. The predicted octanol–water partition coefficient (Wildman–Crippen LogP) is 2.35. The fourth-order valence-electron chi connectivity index (χ4n) is 1.85. The summed E-state index contributed by atoms with van der Waals surface area (Å²) in [6, 6.07) is 5.72. The van der Waals surface area contributed by atoms with Gasteiger partial charge >= 0.3 is 0 Å². The first kappa shape index (κ1) is 10.2. The highest BCUT2D eigenvalue weighted by molar-refractivity contribution is 7.10. The van der Waals surface area contributed by atoms with Crippen LogP contribution in [0.5, 0.6) is 0 Å². The number of H-pyrrole nitrogens is 1. The van der Waals surface area contributed by atoms with Gasteiger partial charge in [-0.1, -0.05) is 6.07 Å². The van der Waals surface area contributed by atoms with Crippen molar-refractivity contribution in [2.24, 2.45) is 0 Å². The molecule has 3 rings (SSSR count). The Hall–Kier alpha value is -2.01. The van der Waals surface area contributed by atoms with Gasteiger partial charge in [0.15, 0.2) is 0 Å². The number of nitrogens with zero attached hydrogens (tertiary/aromatic N) is 2. The number of aldehydes is 1. The Kier molecular flexibility index (Phi) is 2.45. The lowest BCUT2D eigenvalue weighted by molar-refractivity contribution is -0.108. The van der Waals surface area contributed by atoms with Gasteiger partial charge in [0, 0.05) is 11.1 Å². The number of aromatic nitrogens is 3. The molecule has 1 atom stereocenters. The normalized spacial score (nSPS) is 12.7. The van der Waals surface area contributed by atoms with Crippen molar-refractivity contribution in [1.82, 2.24) is 15.0 Å². The van der Waals surface area contributed by atoms with Gasteiger partial charge in [-0.15, -0.1) is 11.3 Å². The summed E-state index contributed by atoms with van der Waals surface area (Å²) in [7, 11) is 0. The number of hydrogen-bond donors (Lipinski definition) is 1. The van der Waals surface area contributed by atoms with E-state index >= 15 is 0 Å². The fourth-order valence-corrected chi connectivity index (χ4v) is 2.64. The molecule has 0 spiro atoms. The third kappa shape index (κ3) is 1.64. The summed E-state index contributed by atoms with van der Waals surface area (Å²) in [5.41, 5.74) is 2.37. The predicted molar refractivity (Wildman–Crippen MR) is 66.1 cm³/mol. The topological polar surface area (TPSA) is 58.6 Å². The summed E-state index contributed by atoms with van der Waals surface area (Å²) in [4.78, 5) is 23.8. The molecule has 4 nitrogen and oxygen atoms in total. The molecule has 0 aromatic carbocycles. The zero-order valence-electron chi connectivity index (χ0n) is 8.83. The van der Waals surface area contributed by atoms with Crippen LogP contribution in [0.4, 0.5) is 0 Å². The Morgan fingerprint density at radius 2 is 2.29 bits per heavy atom. The standard InChI is InChI=1S/C12H9N3OS/c16-6-8(10-2-1-5-17-10)11-12-9(3-4-13-11)14-7-15-12/h1-8H,(H,14,15). The molecule has 3 heterocycles. The zero-order valence-corrected chi connectivity index (χ0v) is 9.65. The lowest BCUT2D eigenvalue weighted by Crippen LogP contribution is -2.03. The second-order valence-corrected chi connectivity index (χ2v) is 4.60. The van der Waals surface area contributed by atoms with Crippen molar-refractivity contribution in [3.8, 4) is 0 Å². The molecule has 3 aromatic heterocycles. The second-order valence-electron chi connectivity index (χ2n) is 3.62. The summed E-state index contributed by atoms with van der Waals surface area (Å²) in [6.07, 6.45) is 4.23. The first-order valence-electron chi connectivity index (χ1n) is 5.17. The monoisotopic (exact) mass is 243 g/mol. The zero-order chi connectivity index (χ0) is 11.7. The van der Waals surface area contributed by atoms with Crippen LogP contribution in [0.1, 0.15) is 16.5 Å². The van der Waals surface area contributed by atoms with E-state index in [4.69, 9.17) is 0 Å². The van der Waals surface area contributed by atoms with Gasteiger partial charge in [0.25, 0.3) is 0 Å². The largest absolute Gasteiger partial charge is 0.344 e. The van der Waals surface area contributed by atoms with E-state index in [2.05, 4.69) is 15.0 Å². The van der Waals surface area contributed by atoms with Crippen molar-refractivity contribution in [1.29, 1.82) is 0 Å². The maximum atomic E-state index is 11.3. The third-order valence-electron chi connectivity index (χ3n) is 2.65. The van der Waals surface area contributed by atoms with Crippen molar-refractivity contribution in [2.45, 2.75) is 5.92 Å². The summed E-state index contributed by atoms with van der Waals surface area (Å²) < 4.78 is 0. The van der Waals surface area contributed by atoms with Crippen LogP contribution in [-0.4, -0.2) is 21.2 Å². The number of pyridine rings is 1. The van der Waals surface area contributed by atoms with E-state index in [1.807, 2.05) is 23.6 Å². The highest BCUT2D eigenvalue weighted by Gasteiger charge is 2.19. The lowest BCUT2D eigenvalue weighted by atomic mass is 10.0. The number of aromatic amines is 1. The average molecular weight is 243 g/mol. The summed E-state index contributed by atoms with van der Waals surface area (Å²) in [5, 5.41) is 1.95. The van der Waals surface area contributed by atoms with E-state index in [1.54, 1.807) is 23.9 Å². The molecule has 0 saturated heterocycles. The van der Waals surface area contributed by atoms with Crippen molar-refractivity contribution in [2.75, 3.05) is 0 Å². The Labute approximate surface area is 101 Å². The van der Waals surface area contributed by atoms with Crippen molar-refractivity contribution < 1.29 is 4.79 Å². The van der Waals surface area contributed by atoms with Crippen LogP contribution < -0.4 is 0 Å². The molecule has 3 aromatic rings. The minimum Gasteiger partial charge on any atom is -0.344 e. The molecule has 0 aliphatic heterocycles. The number of fused-ring (bicyclic) bond motifs is 1. The Morgan fingerprint density at radius 3 is 3.06 bits per heavy atom. The van der Waals surface area contributed by atoms with Crippen LogP contribution in [0.3, 0.4) is 0 Å². The van der Waals surface area contributed by atoms with Gasteiger partial charge in [-0.25, -0.2) is 4.98 Å². The van der Waals surface area contributed by atoms with Crippen LogP contribution in [0.15, 0.2) is 36.1 Å². The molecule has 0 fully saturated rings. The van der Waals surface area contributed by atoms with Crippen molar-refractivity contribution >= 4 is 28.7 Å². The van der Waals surface area contributed by atoms with E-state index in [9.17, 15) is 4.79 Å². The van der Waals surface area contributed by atoms with E-state index < -0.39 is 0 Å². The molecule has 1 unspecified atom stereocenters. The van der Waals surface area contributed by atoms with Gasteiger partial charge in [-0.3, -0.25) is 4.98 Å². The molecular formula is C12H9N3OS. The number of carbonyl (C=O) groups is 1. The molecule has 1 N–H and O–H groups in total. The Morgan fingerprint density at radius 1 is 1.35 bits per heavy atom. The van der Waals surface area contributed by atoms with Crippen LogP contribution in [0.25, 0.3) is 11.0 Å². The molecule has 0 radical (unpaired) electrons. The Balaban J connectivity index is 2.19. The smallest absolute Gasteiger partial charge is 0.134 e. The molecule has 17 heavy (non-hydrogen) atoms. The lowest BCUT2D eigenvalue weighted by Gasteiger charge is -2.07. The van der Waals surface area contributed by atoms with Crippen LogP contribution in [0.2, 0.25) is 0 Å². The summed E-state index contributed by atoms with van der Waals surface area (Å²) in [6.45, 7) is 0. The van der Waals surface area contributed by atoms with Crippen molar-refractivity contribution in [3.63, 3.8) is 0 Å². The van der Waals surface area contributed by atoms with Crippen LogP contribution in [-0.2, 0) is 4.79 Å². The van der Waals surface area contributed by atoms with Gasteiger partial charge in [0.2, 0.25) is 0 Å². The maximum absolute atomic E-state index is 11.3. The van der Waals surface area contributed by atoms with Gasteiger partial charge < -0.3 is 9.78 Å². The minimum absolute atomic E-state index is 0.331. The van der Waals surface area contributed by atoms with Gasteiger partial charge in [-0.05, 0) is 17.5 Å². The van der Waals surface area contributed by atoms with Crippen LogP contribution in [0, 0.1) is 0 Å². The van der Waals surface area contributed by atoms with Gasteiger partial charge in [0.05, 0.1) is 23.5 Å². The van der Waals surface area contributed by atoms with Gasteiger partial charge in [0.1, 0.15) is 11.8 Å². The van der Waals surface area contributed by atoms with E-state index in [-0.39, 0.29) is 5.92 Å². The molecule has 0 saturated carbocycles. The number of thiophene rings is 1. The first-order valence-corrected chi connectivity index (χ1v) is 6.05. The quantitative estimate of drug-likeness (QED) is 0.718. The highest BCUT2D eigenvalue weighted by Crippen LogP contribution is 2.28. The molecule has 0 bridgehead atoms. The number of hydrogen-bond acceptors (Lipinski definition) is 4. The molecular weight excluding hydrogens is 234 g/mol. The molecule has 0 amide bonds. The summed E-state index contributed by atoms with van der Waals surface area (Å²) in [5.74, 6) is -0.331. The first-order chi connectivity index (χ1) is 8.40. The third-order valence-corrected chi connectivity index (χ3v) is 3.60. The molecule has 84 valence electrons. The Bertz CT molecular complexity index is 645.